The van der Waals surface area contributed by atoms with Crippen LogP contribution in [-0.4, -0.2) is 53.6 Å². The maximum absolute atomic E-state index is 13.7. The smallest absolute Gasteiger partial charge is 0.332 e. The summed E-state index contributed by atoms with van der Waals surface area (Å²) in [7, 11) is 0. The minimum Gasteiger partial charge on any atom is -0.363 e. The Morgan fingerprint density at radius 3 is 2.44 bits per heavy atom. The number of urea groups is 1. The van der Waals surface area contributed by atoms with Crippen molar-refractivity contribution < 1.29 is 19.1 Å². The molecule has 2 aliphatic heterocycles. The van der Waals surface area contributed by atoms with Crippen LogP contribution in [0.4, 0.5) is 10.5 Å². The molecule has 4 aliphatic rings. The number of hydrogen-bond acceptors (Lipinski definition) is 4. The second-order valence-electron chi connectivity index (χ2n) is 9.86. The van der Waals surface area contributed by atoms with Crippen molar-refractivity contribution in [3.05, 3.63) is 29.8 Å². The van der Waals surface area contributed by atoms with Crippen LogP contribution in [0.1, 0.15) is 63.4 Å². The fourth-order valence-electron chi connectivity index (χ4n) is 6.03. The molecule has 4 unspecified atom stereocenters. The molecule has 5 rings (SSSR count). The van der Waals surface area contributed by atoms with Gasteiger partial charge in [-0.1, -0.05) is 49.8 Å². The number of ether oxygens (including phenoxy) is 1. The Kier molecular flexibility index (Phi) is 5.93. The number of aryl methyl sites for hydroxylation is 1. The molecule has 1 N–H and O–H groups in total. The molecule has 0 spiro atoms. The lowest BCUT2D eigenvalue weighted by molar-refractivity contribution is -0.134. The Morgan fingerprint density at radius 2 is 1.69 bits per heavy atom. The van der Waals surface area contributed by atoms with E-state index in [9.17, 15) is 14.4 Å². The summed E-state index contributed by atoms with van der Waals surface area (Å²) in [6.07, 6.45) is 8.73. The van der Waals surface area contributed by atoms with E-state index >= 15 is 0 Å². The molecule has 1 aromatic carbocycles. The lowest BCUT2D eigenvalue weighted by Crippen LogP contribution is -2.66. The van der Waals surface area contributed by atoms with Gasteiger partial charge in [-0.25, -0.2) is 9.69 Å². The molecular formula is C25H33N3O4. The van der Waals surface area contributed by atoms with Gasteiger partial charge in [-0.05, 0) is 44.7 Å². The van der Waals surface area contributed by atoms with Crippen molar-refractivity contribution in [2.75, 3.05) is 11.4 Å². The highest BCUT2D eigenvalue weighted by atomic mass is 16.5. The molecule has 32 heavy (non-hydrogen) atoms. The lowest BCUT2D eigenvalue weighted by atomic mass is 9.81. The predicted molar refractivity (Wildman–Crippen MR) is 120 cm³/mol. The zero-order valence-electron chi connectivity index (χ0n) is 18.8. The lowest BCUT2D eigenvalue weighted by Gasteiger charge is -2.43. The number of nitrogens with zero attached hydrogens (tertiary/aromatic N) is 2. The van der Waals surface area contributed by atoms with Gasteiger partial charge >= 0.3 is 6.03 Å². The van der Waals surface area contributed by atoms with E-state index < -0.39 is 12.1 Å². The van der Waals surface area contributed by atoms with Crippen LogP contribution in [0.15, 0.2) is 24.3 Å². The van der Waals surface area contributed by atoms with E-state index in [1.807, 2.05) is 19.1 Å². The first-order valence-corrected chi connectivity index (χ1v) is 12.2. The van der Waals surface area contributed by atoms with Gasteiger partial charge in [-0.3, -0.25) is 9.59 Å². The zero-order valence-corrected chi connectivity index (χ0v) is 18.8. The Morgan fingerprint density at radius 1 is 1.00 bits per heavy atom. The van der Waals surface area contributed by atoms with Gasteiger partial charge in [-0.15, -0.1) is 0 Å². The molecule has 2 heterocycles. The second-order valence-corrected chi connectivity index (χ2v) is 9.86. The molecule has 4 amide bonds. The van der Waals surface area contributed by atoms with E-state index in [1.54, 1.807) is 17.0 Å². The number of fused-ring (bicyclic) bond motifs is 3. The zero-order chi connectivity index (χ0) is 22.2. The van der Waals surface area contributed by atoms with E-state index in [-0.39, 0.29) is 42.5 Å². The number of rotatable bonds is 4. The maximum atomic E-state index is 13.7. The van der Waals surface area contributed by atoms with Gasteiger partial charge in [-0.2, -0.15) is 0 Å². The average Bonchev–Trinajstić information content (AvgIpc) is 3.19. The first-order chi connectivity index (χ1) is 15.5. The highest BCUT2D eigenvalue weighted by Gasteiger charge is 2.58. The second kappa shape index (κ2) is 8.85. The van der Waals surface area contributed by atoms with Crippen LogP contribution in [0.5, 0.6) is 0 Å². The number of nitrogens with one attached hydrogen (secondary N) is 1. The summed E-state index contributed by atoms with van der Waals surface area (Å²) < 4.78 is 6.25. The number of benzene rings is 1. The van der Waals surface area contributed by atoms with Crippen LogP contribution in [0.3, 0.4) is 0 Å². The third kappa shape index (κ3) is 3.91. The van der Waals surface area contributed by atoms with Crippen molar-refractivity contribution in [1.82, 2.24) is 10.2 Å². The molecule has 0 radical (unpaired) electrons. The van der Waals surface area contributed by atoms with Gasteiger partial charge in [0.25, 0.3) is 5.91 Å². The van der Waals surface area contributed by atoms with Crippen molar-refractivity contribution in [1.29, 1.82) is 0 Å². The average molecular weight is 440 g/mol. The van der Waals surface area contributed by atoms with Crippen LogP contribution >= 0.6 is 0 Å². The summed E-state index contributed by atoms with van der Waals surface area (Å²) >= 11 is 0. The Balaban J connectivity index is 1.42. The van der Waals surface area contributed by atoms with Crippen molar-refractivity contribution in [2.45, 2.75) is 89.0 Å². The van der Waals surface area contributed by atoms with Crippen LogP contribution < -0.4 is 10.2 Å². The molecule has 0 bridgehead atoms. The number of amides is 4. The fourth-order valence-corrected chi connectivity index (χ4v) is 6.03. The standard InChI is InChI=1S/C25H33N3O4/c1-16-11-13-18(14-12-16)28-24(30)23-22(19-9-5-6-10-20(19)32-23)27(25(28)31)15-21(29)26-17-7-3-2-4-8-17/h11-14,17,19-20,22-23H,2-10,15H2,1H3,(H,26,29). The molecule has 7 nitrogen and oxygen atoms in total. The Bertz CT molecular complexity index is 880. The van der Waals surface area contributed by atoms with E-state index in [0.29, 0.717) is 5.69 Å². The molecular weight excluding hydrogens is 406 g/mol. The molecule has 1 aromatic rings. The quantitative estimate of drug-likeness (QED) is 0.778. The molecule has 7 heteroatoms. The van der Waals surface area contributed by atoms with Crippen molar-refractivity contribution in [2.24, 2.45) is 5.92 Å². The molecule has 4 fully saturated rings. The van der Waals surface area contributed by atoms with Crippen LogP contribution in [0.2, 0.25) is 0 Å². The number of carbonyl (C=O) groups excluding carboxylic acids is 3. The van der Waals surface area contributed by atoms with Crippen LogP contribution in [0.25, 0.3) is 0 Å². The van der Waals surface area contributed by atoms with Gasteiger partial charge < -0.3 is 15.0 Å². The summed E-state index contributed by atoms with van der Waals surface area (Å²) in [4.78, 5) is 42.9. The third-order valence-corrected chi connectivity index (χ3v) is 7.66. The summed E-state index contributed by atoms with van der Waals surface area (Å²) in [6, 6.07) is 6.76. The van der Waals surface area contributed by atoms with E-state index in [0.717, 1.165) is 56.9 Å². The highest BCUT2D eigenvalue weighted by Crippen LogP contribution is 2.43. The summed E-state index contributed by atoms with van der Waals surface area (Å²) in [5.41, 5.74) is 1.58. The largest absolute Gasteiger partial charge is 0.363 e. The van der Waals surface area contributed by atoms with Gasteiger partial charge in [0.1, 0.15) is 6.54 Å². The molecule has 2 saturated heterocycles. The first kappa shape index (κ1) is 21.4. The third-order valence-electron chi connectivity index (χ3n) is 7.66. The highest BCUT2D eigenvalue weighted by molar-refractivity contribution is 6.18. The van der Waals surface area contributed by atoms with E-state index in [1.165, 1.54) is 11.3 Å². The topological polar surface area (TPSA) is 79.0 Å². The fraction of sp³-hybridized carbons (Fsp3) is 0.640. The summed E-state index contributed by atoms with van der Waals surface area (Å²) in [6.45, 7) is 1.94. The van der Waals surface area contributed by atoms with E-state index in [4.69, 9.17) is 4.74 Å². The number of hydrogen-bond donors (Lipinski definition) is 1. The molecule has 2 aliphatic carbocycles. The molecule has 2 saturated carbocycles. The molecule has 4 atom stereocenters. The van der Waals surface area contributed by atoms with Crippen molar-refractivity contribution >= 4 is 23.5 Å². The summed E-state index contributed by atoms with van der Waals surface area (Å²) in [5.74, 6) is -0.326. The Labute approximate surface area is 189 Å². The number of anilines is 1. The normalized spacial score (nSPS) is 30.8. The van der Waals surface area contributed by atoms with Crippen LogP contribution in [0, 0.1) is 12.8 Å². The molecule has 172 valence electrons. The van der Waals surface area contributed by atoms with E-state index in [2.05, 4.69) is 5.32 Å². The number of carbonyl (C=O) groups is 3. The molecule has 0 aromatic heterocycles. The van der Waals surface area contributed by atoms with Crippen LogP contribution in [-0.2, 0) is 14.3 Å². The van der Waals surface area contributed by atoms with Crippen molar-refractivity contribution in [3.8, 4) is 0 Å². The minimum atomic E-state index is -0.704. The predicted octanol–water partition coefficient (Wildman–Crippen LogP) is 3.54. The van der Waals surface area contributed by atoms with Gasteiger partial charge in [0.05, 0.1) is 17.8 Å². The number of imide groups is 1. The Hall–Kier alpha value is -2.41. The van der Waals surface area contributed by atoms with Gasteiger partial charge in [0.2, 0.25) is 5.91 Å². The van der Waals surface area contributed by atoms with Gasteiger partial charge in [0.15, 0.2) is 6.10 Å². The maximum Gasteiger partial charge on any atom is 0.332 e. The van der Waals surface area contributed by atoms with Gasteiger partial charge in [0, 0.05) is 12.0 Å². The van der Waals surface area contributed by atoms with Crippen molar-refractivity contribution in [3.63, 3.8) is 0 Å². The summed E-state index contributed by atoms with van der Waals surface area (Å²) in [5, 5.41) is 3.13. The first-order valence-electron chi connectivity index (χ1n) is 12.2. The monoisotopic (exact) mass is 439 g/mol. The minimum absolute atomic E-state index is 0.0163. The SMILES string of the molecule is Cc1ccc(N2C(=O)C3OC4CCCCC4C3N(CC(=O)NC3CCCCC3)C2=O)cc1.